The topological polar surface area (TPSA) is 42.0 Å². The van der Waals surface area contributed by atoms with E-state index in [0.717, 1.165) is 15.8 Å². The van der Waals surface area contributed by atoms with Gasteiger partial charge in [-0.25, -0.2) is 4.98 Å². The van der Waals surface area contributed by atoms with Crippen LogP contribution in [0, 0.1) is 0 Å². The first-order valence-electron chi connectivity index (χ1n) is 6.63. The summed E-state index contributed by atoms with van der Waals surface area (Å²) in [6.45, 7) is 0. The number of benzene rings is 2. The maximum atomic E-state index is 12.1. The van der Waals surface area contributed by atoms with Crippen LogP contribution in [0.5, 0.6) is 0 Å². The molecule has 0 fully saturated rings. The first-order valence-corrected chi connectivity index (χ1v) is 9.05. The number of carbonyl (C=O) groups is 1. The molecule has 0 aliphatic heterocycles. The Morgan fingerprint density at radius 1 is 1.27 bits per heavy atom. The van der Waals surface area contributed by atoms with Crippen molar-refractivity contribution in [1.29, 1.82) is 0 Å². The van der Waals surface area contributed by atoms with E-state index in [1.807, 2.05) is 42.7 Å². The molecule has 6 heteroatoms. The molecule has 0 unspecified atom stereocenters. The zero-order valence-electron chi connectivity index (χ0n) is 11.8. The number of rotatable bonds is 4. The number of thioether (sulfide) groups is 1. The van der Waals surface area contributed by atoms with Crippen LogP contribution in [0.2, 0.25) is 5.02 Å². The van der Waals surface area contributed by atoms with Crippen molar-refractivity contribution in [3.63, 3.8) is 0 Å². The third-order valence-electron chi connectivity index (χ3n) is 3.12. The van der Waals surface area contributed by atoms with E-state index in [1.165, 1.54) is 16.2 Å². The number of fused-ring (bicyclic) bond motifs is 1. The molecule has 0 radical (unpaired) electrons. The molecule has 1 heterocycles. The summed E-state index contributed by atoms with van der Waals surface area (Å²) >= 11 is 9.06. The van der Waals surface area contributed by atoms with Gasteiger partial charge >= 0.3 is 0 Å². The molecule has 3 aromatic rings. The molecule has 3 nitrogen and oxygen atoms in total. The molecule has 1 N–H and O–H groups in total. The molecule has 0 atom stereocenters. The van der Waals surface area contributed by atoms with Crippen molar-refractivity contribution in [3.8, 4) is 0 Å². The number of thiazole rings is 1. The fourth-order valence-electron chi connectivity index (χ4n) is 2.04. The standard InChI is InChI=1S/C16H13ClN2OS2/c1-21-12-5-2-10(3-6-12)8-15(20)19-16-18-13-7-4-11(17)9-14(13)22-16/h2-7,9H,8H2,1H3,(H,18,19,20). The molecule has 1 aromatic heterocycles. The Kier molecular flexibility index (Phi) is 4.66. The Morgan fingerprint density at radius 2 is 2.05 bits per heavy atom. The van der Waals surface area contributed by atoms with Crippen LogP contribution in [0.15, 0.2) is 47.4 Å². The Labute approximate surface area is 141 Å². The number of carbonyl (C=O) groups excluding carboxylic acids is 1. The molecule has 3 rings (SSSR count). The van der Waals surface area contributed by atoms with Crippen molar-refractivity contribution in [3.05, 3.63) is 53.1 Å². The maximum absolute atomic E-state index is 12.1. The summed E-state index contributed by atoms with van der Waals surface area (Å²) in [5, 5.41) is 4.12. The van der Waals surface area contributed by atoms with E-state index >= 15 is 0 Å². The van der Waals surface area contributed by atoms with Gasteiger partial charge in [0.15, 0.2) is 5.13 Å². The van der Waals surface area contributed by atoms with Crippen molar-refractivity contribution >= 4 is 56.0 Å². The Balaban J connectivity index is 1.69. The monoisotopic (exact) mass is 348 g/mol. The number of hydrogen-bond acceptors (Lipinski definition) is 4. The highest BCUT2D eigenvalue weighted by Gasteiger charge is 2.09. The fourth-order valence-corrected chi connectivity index (χ4v) is 3.61. The number of halogens is 1. The highest BCUT2D eigenvalue weighted by molar-refractivity contribution is 7.98. The quantitative estimate of drug-likeness (QED) is 0.685. The summed E-state index contributed by atoms with van der Waals surface area (Å²) in [4.78, 5) is 17.7. The molecule has 2 aromatic carbocycles. The molecular weight excluding hydrogens is 336 g/mol. The lowest BCUT2D eigenvalue weighted by molar-refractivity contribution is -0.115. The van der Waals surface area contributed by atoms with Crippen molar-refractivity contribution in [1.82, 2.24) is 4.98 Å². The number of aromatic nitrogens is 1. The molecule has 22 heavy (non-hydrogen) atoms. The van der Waals surface area contributed by atoms with Crippen LogP contribution < -0.4 is 5.32 Å². The van der Waals surface area contributed by atoms with Crippen LogP contribution in [-0.2, 0) is 11.2 Å². The van der Waals surface area contributed by atoms with Gasteiger partial charge < -0.3 is 5.32 Å². The molecule has 112 valence electrons. The summed E-state index contributed by atoms with van der Waals surface area (Å²) in [6.07, 6.45) is 2.37. The SMILES string of the molecule is CSc1ccc(CC(=O)Nc2nc3ccc(Cl)cc3s2)cc1. The predicted octanol–water partition coefficient (Wildman–Crippen LogP) is 4.85. The lowest BCUT2D eigenvalue weighted by Gasteiger charge is -2.03. The summed E-state index contributed by atoms with van der Waals surface area (Å²) in [5.74, 6) is -0.0675. The fraction of sp³-hybridized carbons (Fsp3) is 0.125. The molecule has 0 aliphatic rings. The lowest BCUT2D eigenvalue weighted by atomic mass is 10.1. The second kappa shape index (κ2) is 6.69. The molecule has 0 aliphatic carbocycles. The Hall–Kier alpha value is -1.56. The minimum absolute atomic E-state index is 0.0675. The van der Waals surface area contributed by atoms with Gasteiger partial charge in [0.25, 0.3) is 0 Å². The molecule has 0 saturated heterocycles. The molecular formula is C16H13ClN2OS2. The van der Waals surface area contributed by atoms with Crippen molar-refractivity contribution in [2.45, 2.75) is 11.3 Å². The molecule has 0 spiro atoms. The summed E-state index contributed by atoms with van der Waals surface area (Å²) < 4.78 is 0.965. The van der Waals surface area contributed by atoms with E-state index in [9.17, 15) is 4.79 Å². The van der Waals surface area contributed by atoms with Gasteiger partial charge in [-0.05, 0) is 42.2 Å². The van der Waals surface area contributed by atoms with Crippen molar-refractivity contribution < 1.29 is 4.79 Å². The predicted molar refractivity (Wildman–Crippen MR) is 95.2 cm³/mol. The van der Waals surface area contributed by atoms with Crippen LogP contribution in [0.3, 0.4) is 0 Å². The van der Waals surface area contributed by atoms with Crippen LogP contribution in [0.25, 0.3) is 10.2 Å². The Bertz CT molecular complexity index is 815. The van der Waals surface area contributed by atoms with E-state index in [-0.39, 0.29) is 5.91 Å². The normalized spacial score (nSPS) is 10.8. The number of hydrogen-bond donors (Lipinski definition) is 1. The summed E-state index contributed by atoms with van der Waals surface area (Å²) in [6, 6.07) is 13.5. The molecule has 0 bridgehead atoms. The highest BCUT2D eigenvalue weighted by atomic mass is 35.5. The number of nitrogens with zero attached hydrogens (tertiary/aromatic N) is 1. The molecule has 1 amide bonds. The average Bonchev–Trinajstić information content (AvgIpc) is 2.89. The zero-order chi connectivity index (χ0) is 15.5. The van der Waals surface area contributed by atoms with Crippen molar-refractivity contribution in [2.75, 3.05) is 11.6 Å². The minimum atomic E-state index is -0.0675. The second-order valence-electron chi connectivity index (χ2n) is 4.70. The first kappa shape index (κ1) is 15.3. The minimum Gasteiger partial charge on any atom is -0.302 e. The van der Waals surface area contributed by atoms with Gasteiger partial charge in [-0.1, -0.05) is 35.1 Å². The van der Waals surface area contributed by atoms with E-state index in [1.54, 1.807) is 17.8 Å². The lowest BCUT2D eigenvalue weighted by Crippen LogP contribution is -2.14. The smallest absolute Gasteiger partial charge is 0.230 e. The van der Waals surface area contributed by atoms with Crippen LogP contribution in [-0.4, -0.2) is 17.1 Å². The third kappa shape index (κ3) is 3.61. The number of amides is 1. The van der Waals surface area contributed by atoms with E-state index in [2.05, 4.69) is 10.3 Å². The van der Waals surface area contributed by atoms with Crippen molar-refractivity contribution in [2.24, 2.45) is 0 Å². The first-order chi connectivity index (χ1) is 10.6. The average molecular weight is 349 g/mol. The Morgan fingerprint density at radius 3 is 2.77 bits per heavy atom. The van der Waals surface area contributed by atoms with E-state index in [4.69, 9.17) is 11.6 Å². The zero-order valence-corrected chi connectivity index (χ0v) is 14.2. The van der Waals surface area contributed by atoms with Gasteiger partial charge in [-0.3, -0.25) is 4.79 Å². The van der Waals surface area contributed by atoms with E-state index < -0.39 is 0 Å². The third-order valence-corrected chi connectivity index (χ3v) is 5.03. The highest BCUT2D eigenvalue weighted by Crippen LogP contribution is 2.28. The van der Waals surface area contributed by atoms with Gasteiger partial charge in [0.1, 0.15) is 0 Å². The largest absolute Gasteiger partial charge is 0.302 e. The van der Waals surface area contributed by atoms with Gasteiger partial charge in [0.05, 0.1) is 16.6 Å². The number of anilines is 1. The van der Waals surface area contributed by atoms with Gasteiger partial charge in [0, 0.05) is 9.92 Å². The maximum Gasteiger partial charge on any atom is 0.230 e. The van der Waals surface area contributed by atoms with Gasteiger partial charge in [-0.15, -0.1) is 11.8 Å². The van der Waals surface area contributed by atoms with Gasteiger partial charge in [0.2, 0.25) is 5.91 Å². The van der Waals surface area contributed by atoms with Crippen LogP contribution in [0.1, 0.15) is 5.56 Å². The number of nitrogens with one attached hydrogen (secondary N) is 1. The van der Waals surface area contributed by atoms with Gasteiger partial charge in [-0.2, -0.15) is 0 Å². The van der Waals surface area contributed by atoms with Crippen LogP contribution in [0.4, 0.5) is 5.13 Å². The molecule has 0 saturated carbocycles. The summed E-state index contributed by atoms with van der Waals surface area (Å²) in [5.41, 5.74) is 1.83. The summed E-state index contributed by atoms with van der Waals surface area (Å²) in [7, 11) is 0. The van der Waals surface area contributed by atoms with Crippen LogP contribution >= 0.6 is 34.7 Å². The second-order valence-corrected chi connectivity index (χ2v) is 7.05. The van der Waals surface area contributed by atoms with E-state index in [0.29, 0.717) is 16.6 Å².